The van der Waals surface area contributed by atoms with Crippen molar-refractivity contribution in [2.45, 2.75) is 26.2 Å². The number of nitrogens with zero attached hydrogens (tertiary/aromatic N) is 1. The van der Waals surface area contributed by atoms with Crippen LogP contribution in [0, 0.1) is 0 Å². The van der Waals surface area contributed by atoms with Gasteiger partial charge >= 0.3 is 0 Å². The van der Waals surface area contributed by atoms with Crippen molar-refractivity contribution >= 4 is 0 Å². The van der Waals surface area contributed by atoms with Crippen LogP contribution in [-0.2, 0) is 5.41 Å². The van der Waals surface area contributed by atoms with E-state index in [1.54, 1.807) is 13.3 Å². The second-order valence-electron chi connectivity index (χ2n) is 6.59. The van der Waals surface area contributed by atoms with Gasteiger partial charge in [0.25, 0.3) is 0 Å². The van der Waals surface area contributed by atoms with Gasteiger partial charge in [0.05, 0.1) is 13.3 Å². The number of ether oxygens (including phenoxy) is 1. The molecule has 0 aliphatic rings. The summed E-state index contributed by atoms with van der Waals surface area (Å²) in [5, 5.41) is 0. The quantitative estimate of drug-likeness (QED) is 0.657. The Hall–Kier alpha value is -2.55. The molecular weight excluding hydrogens is 286 g/mol. The number of oxazole rings is 1. The summed E-state index contributed by atoms with van der Waals surface area (Å²) in [6, 6.07) is 16.1. The van der Waals surface area contributed by atoms with Crippen molar-refractivity contribution in [2.75, 3.05) is 7.11 Å². The SMILES string of the molecule is COc1ccc(-c2cnc(-c3ccc(C(C)(C)C)cc3)o2)cc1. The number of hydrogen-bond donors (Lipinski definition) is 0. The number of benzene rings is 2. The Kier molecular flexibility index (Phi) is 3.95. The maximum absolute atomic E-state index is 5.90. The number of hydrogen-bond acceptors (Lipinski definition) is 3. The van der Waals surface area contributed by atoms with Crippen molar-refractivity contribution in [3.05, 3.63) is 60.3 Å². The van der Waals surface area contributed by atoms with Crippen LogP contribution in [0.15, 0.2) is 59.1 Å². The summed E-state index contributed by atoms with van der Waals surface area (Å²) in [7, 11) is 1.66. The topological polar surface area (TPSA) is 35.3 Å². The maximum Gasteiger partial charge on any atom is 0.226 e. The molecule has 0 radical (unpaired) electrons. The molecule has 3 aromatic rings. The van der Waals surface area contributed by atoms with Gasteiger partial charge in [0.15, 0.2) is 5.76 Å². The summed E-state index contributed by atoms with van der Waals surface area (Å²) in [5.41, 5.74) is 3.40. The van der Waals surface area contributed by atoms with Crippen LogP contribution in [0.5, 0.6) is 5.75 Å². The van der Waals surface area contributed by atoms with E-state index < -0.39 is 0 Å². The molecular formula is C20H21NO2. The van der Waals surface area contributed by atoms with Gasteiger partial charge in [-0.1, -0.05) is 32.9 Å². The van der Waals surface area contributed by atoms with Gasteiger partial charge in [-0.2, -0.15) is 0 Å². The molecule has 0 N–H and O–H groups in total. The molecule has 0 atom stereocenters. The minimum absolute atomic E-state index is 0.142. The molecule has 0 spiro atoms. The van der Waals surface area contributed by atoms with Crippen molar-refractivity contribution < 1.29 is 9.15 Å². The molecule has 23 heavy (non-hydrogen) atoms. The molecule has 0 saturated carbocycles. The summed E-state index contributed by atoms with van der Waals surface area (Å²) >= 11 is 0. The first-order chi connectivity index (χ1) is 11.0. The van der Waals surface area contributed by atoms with Crippen LogP contribution >= 0.6 is 0 Å². The number of aromatic nitrogens is 1. The van der Waals surface area contributed by atoms with Crippen LogP contribution in [0.3, 0.4) is 0 Å². The zero-order valence-corrected chi connectivity index (χ0v) is 14.0. The van der Waals surface area contributed by atoms with Gasteiger partial charge in [0, 0.05) is 11.1 Å². The summed E-state index contributed by atoms with van der Waals surface area (Å²) < 4.78 is 11.1. The Bertz CT molecular complexity index is 778. The van der Waals surface area contributed by atoms with Gasteiger partial charge in [-0.05, 0) is 47.4 Å². The van der Waals surface area contributed by atoms with E-state index in [4.69, 9.17) is 9.15 Å². The average molecular weight is 307 g/mol. The van der Waals surface area contributed by atoms with E-state index >= 15 is 0 Å². The fourth-order valence-electron chi connectivity index (χ4n) is 2.41. The third kappa shape index (κ3) is 3.29. The second kappa shape index (κ2) is 5.92. The van der Waals surface area contributed by atoms with Gasteiger partial charge in [-0.15, -0.1) is 0 Å². The monoisotopic (exact) mass is 307 g/mol. The lowest BCUT2D eigenvalue weighted by Crippen LogP contribution is -2.10. The Balaban J connectivity index is 1.86. The van der Waals surface area contributed by atoms with E-state index in [0.717, 1.165) is 22.6 Å². The van der Waals surface area contributed by atoms with Gasteiger partial charge in [-0.25, -0.2) is 4.98 Å². The molecule has 0 aliphatic carbocycles. The van der Waals surface area contributed by atoms with Crippen molar-refractivity contribution in [2.24, 2.45) is 0 Å². The predicted molar refractivity (Wildman–Crippen MR) is 92.6 cm³/mol. The molecule has 0 saturated heterocycles. The summed E-state index contributed by atoms with van der Waals surface area (Å²) in [6.45, 7) is 6.61. The zero-order valence-electron chi connectivity index (χ0n) is 14.0. The van der Waals surface area contributed by atoms with Crippen LogP contribution in [0.25, 0.3) is 22.8 Å². The van der Waals surface area contributed by atoms with Gasteiger partial charge in [0.1, 0.15) is 5.75 Å². The average Bonchev–Trinajstić information content (AvgIpc) is 3.04. The number of rotatable bonds is 3. The third-order valence-electron chi connectivity index (χ3n) is 3.88. The van der Waals surface area contributed by atoms with Crippen LogP contribution in [0.1, 0.15) is 26.3 Å². The minimum Gasteiger partial charge on any atom is -0.497 e. The van der Waals surface area contributed by atoms with E-state index in [9.17, 15) is 0 Å². The molecule has 2 aromatic carbocycles. The summed E-state index contributed by atoms with van der Waals surface area (Å²) in [6.07, 6.45) is 1.76. The van der Waals surface area contributed by atoms with Crippen molar-refractivity contribution in [3.8, 4) is 28.5 Å². The molecule has 0 bridgehead atoms. The molecule has 3 rings (SSSR count). The Labute approximate surface area is 136 Å². The Morgan fingerprint density at radius 1 is 0.870 bits per heavy atom. The van der Waals surface area contributed by atoms with Gasteiger partial charge in [0.2, 0.25) is 5.89 Å². The highest BCUT2D eigenvalue weighted by molar-refractivity contribution is 5.62. The first-order valence-electron chi connectivity index (χ1n) is 7.68. The predicted octanol–water partition coefficient (Wildman–Crippen LogP) is 5.31. The van der Waals surface area contributed by atoms with E-state index in [1.165, 1.54) is 5.56 Å². The Morgan fingerprint density at radius 3 is 2.04 bits per heavy atom. The zero-order chi connectivity index (χ0) is 16.4. The van der Waals surface area contributed by atoms with Crippen LogP contribution in [-0.4, -0.2) is 12.1 Å². The third-order valence-corrected chi connectivity index (χ3v) is 3.88. The highest BCUT2D eigenvalue weighted by Gasteiger charge is 2.14. The van der Waals surface area contributed by atoms with Gasteiger partial charge < -0.3 is 9.15 Å². The second-order valence-corrected chi connectivity index (χ2v) is 6.59. The lowest BCUT2D eigenvalue weighted by Gasteiger charge is -2.18. The molecule has 0 unspecified atom stereocenters. The molecule has 3 nitrogen and oxygen atoms in total. The lowest BCUT2D eigenvalue weighted by atomic mass is 9.87. The number of methoxy groups -OCH3 is 1. The first-order valence-corrected chi connectivity index (χ1v) is 7.68. The smallest absolute Gasteiger partial charge is 0.226 e. The molecule has 1 heterocycles. The highest BCUT2D eigenvalue weighted by atomic mass is 16.5. The largest absolute Gasteiger partial charge is 0.497 e. The maximum atomic E-state index is 5.90. The standard InChI is InChI=1S/C20H21NO2/c1-20(2,3)16-9-5-15(6-10-16)19-21-13-18(23-19)14-7-11-17(22-4)12-8-14/h5-13H,1-4H3. The molecule has 118 valence electrons. The molecule has 0 fully saturated rings. The van der Waals surface area contributed by atoms with E-state index in [1.807, 2.05) is 24.3 Å². The minimum atomic E-state index is 0.142. The summed E-state index contributed by atoms with van der Waals surface area (Å²) in [4.78, 5) is 4.40. The summed E-state index contributed by atoms with van der Waals surface area (Å²) in [5.74, 6) is 2.21. The van der Waals surface area contributed by atoms with E-state index in [2.05, 4.69) is 50.0 Å². The normalized spacial score (nSPS) is 11.5. The first kappa shape index (κ1) is 15.3. The van der Waals surface area contributed by atoms with Crippen LogP contribution < -0.4 is 4.74 Å². The van der Waals surface area contributed by atoms with Crippen LogP contribution in [0.4, 0.5) is 0 Å². The van der Waals surface area contributed by atoms with Gasteiger partial charge in [-0.3, -0.25) is 0 Å². The van der Waals surface area contributed by atoms with Crippen molar-refractivity contribution in [1.82, 2.24) is 4.98 Å². The van der Waals surface area contributed by atoms with E-state index in [0.29, 0.717) is 5.89 Å². The van der Waals surface area contributed by atoms with Crippen molar-refractivity contribution in [1.29, 1.82) is 0 Å². The molecule has 1 aromatic heterocycles. The fourth-order valence-corrected chi connectivity index (χ4v) is 2.41. The molecule has 0 amide bonds. The van der Waals surface area contributed by atoms with Crippen molar-refractivity contribution in [3.63, 3.8) is 0 Å². The molecule has 0 aliphatic heterocycles. The van der Waals surface area contributed by atoms with Crippen LogP contribution in [0.2, 0.25) is 0 Å². The Morgan fingerprint density at radius 2 is 1.48 bits per heavy atom. The lowest BCUT2D eigenvalue weighted by molar-refractivity contribution is 0.415. The molecule has 3 heteroatoms. The fraction of sp³-hybridized carbons (Fsp3) is 0.250. The van der Waals surface area contributed by atoms with E-state index in [-0.39, 0.29) is 5.41 Å². The highest BCUT2D eigenvalue weighted by Crippen LogP contribution is 2.29.